The van der Waals surface area contributed by atoms with Crippen LogP contribution in [0.4, 0.5) is 8.78 Å². The molecule has 21 heavy (non-hydrogen) atoms. The third kappa shape index (κ3) is 3.36. The van der Waals surface area contributed by atoms with Gasteiger partial charge in [-0.05, 0) is 6.42 Å². The minimum absolute atomic E-state index is 0.102. The van der Waals surface area contributed by atoms with E-state index < -0.39 is 36.6 Å². The molecule has 0 radical (unpaired) electrons. The van der Waals surface area contributed by atoms with E-state index in [-0.39, 0.29) is 13.0 Å². The van der Waals surface area contributed by atoms with Crippen molar-refractivity contribution in [1.82, 2.24) is 9.55 Å². The fourth-order valence-corrected chi connectivity index (χ4v) is 2.18. The average Bonchev–Trinajstić information content (AvgIpc) is 2.79. The average molecular weight is 306 g/mol. The summed E-state index contributed by atoms with van der Waals surface area (Å²) in [4.78, 5) is 15.4. The first-order valence-corrected chi connectivity index (χ1v) is 6.47. The molecule has 2 N–H and O–H groups in total. The van der Waals surface area contributed by atoms with Gasteiger partial charge in [-0.2, -0.15) is 13.8 Å². The molecule has 0 aliphatic carbocycles. The van der Waals surface area contributed by atoms with E-state index in [1.54, 1.807) is 6.92 Å². The maximum atomic E-state index is 12.3. The molecule has 1 aromatic rings. The van der Waals surface area contributed by atoms with E-state index >= 15 is 0 Å². The van der Waals surface area contributed by atoms with Gasteiger partial charge >= 0.3 is 12.3 Å². The molecule has 3 atom stereocenters. The second-order valence-electron chi connectivity index (χ2n) is 4.61. The van der Waals surface area contributed by atoms with Crippen molar-refractivity contribution in [2.24, 2.45) is 0 Å². The van der Waals surface area contributed by atoms with Gasteiger partial charge in [0.1, 0.15) is 12.3 Å². The summed E-state index contributed by atoms with van der Waals surface area (Å²) in [6.45, 7) is -1.75. The Balaban J connectivity index is 2.31. The number of aromatic nitrogens is 2. The van der Waals surface area contributed by atoms with Crippen molar-refractivity contribution >= 4 is 0 Å². The van der Waals surface area contributed by atoms with Gasteiger partial charge in [0.15, 0.2) is 0 Å². The summed E-state index contributed by atoms with van der Waals surface area (Å²) in [6.07, 6.45) is -0.746. The van der Waals surface area contributed by atoms with Crippen LogP contribution in [-0.2, 0) is 11.2 Å². The van der Waals surface area contributed by atoms with Crippen molar-refractivity contribution in [3.8, 4) is 5.88 Å². The van der Waals surface area contributed by atoms with Crippen LogP contribution in [0.2, 0.25) is 0 Å². The summed E-state index contributed by atoms with van der Waals surface area (Å²) in [6, 6.07) is 0. The first-order valence-electron chi connectivity index (χ1n) is 6.47. The molecule has 1 saturated heterocycles. The van der Waals surface area contributed by atoms with Gasteiger partial charge in [-0.25, -0.2) is 4.79 Å². The molecule has 0 spiro atoms. The van der Waals surface area contributed by atoms with Crippen molar-refractivity contribution < 1.29 is 28.5 Å². The van der Waals surface area contributed by atoms with Gasteiger partial charge in [-0.3, -0.25) is 4.57 Å². The van der Waals surface area contributed by atoms with Crippen LogP contribution in [0.1, 0.15) is 25.1 Å². The molecule has 0 aromatic carbocycles. The number of aryl methyl sites for hydroxylation is 1. The Hall–Kier alpha value is -1.58. The van der Waals surface area contributed by atoms with Gasteiger partial charge < -0.3 is 19.7 Å². The van der Waals surface area contributed by atoms with Gasteiger partial charge in [0.25, 0.3) is 0 Å². The number of halogens is 2. The molecule has 9 heteroatoms. The molecule has 1 aromatic heterocycles. The number of rotatable bonds is 5. The predicted octanol–water partition coefficient (Wildman–Crippen LogP) is 0.0478. The smallest absolute Gasteiger partial charge is 0.388 e. The second kappa shape index (κ2) is 6.46. The van der Waals surface area contributed by atoms with Crippen LogP contribution in [0.5, 0.6) is 5.88 Å². The second-order valence-corrected chi connectivity index (χ2v) is 4.61. The zero-order valence-corrected chi connectivity index (χ0v) is 11.3. The number of aliphatic hydroxyl groups is 2. The third-order valence-electron chi connectivity index (χ3n) is 3.26. The lowest BCUT2D eigenvalue weighted by Crippen LogP contribution is -2.29. The fourth-order valence-electron chi connectivity index (χ4n) is 2.18. The van der Waals surface area contributed by atoms with E-state index in [1.807, 2.05) is 0 Å². The van der Waals surface area contributed by atoms with Crippen molar-refractivity contribution in [1.29, 1.82) is 0 Å². The molecule has 1 aliphatic heterocycles. The molecular weight excluding hydrogens is 290 g/mol. The number of ether oxygens (including phenoxy) is 2. The van der Waals surface area contributed by atoms with Crippen LogP contribution in [0.3, 0.4) is 0 Å². The Morgan fingerprint density at radius 1 is 1.62 bits per heavy atom. The summed E-state index contributed by atoms with van der Waals surface area (Å²) in [5.41, 5.74) is -0.501. The van der Waals surface area contributed by atoms with Gasteiger partial charge in [0.2, 0.25) is 5.88 Å². The first kappa shape index (κ1) is 15.8. The molecule has 0 saturated carbocycles. The summed E-state index contributed by atoms with van der Waals surface area (Å²) < 4.78 is 35.2. The standard InChI is InChI=1S/C12H16F2N2O5/c1-2-6-4-16(9-3-7(18)8(5-17)20-9)12(19)15-10(6)21-11(13)14/h4,7-9,11,17-18H,2-3,5H2,1H3/t7-,8+,9+/m0/s1. The highest BCUT2D eigenvalue weighted by Crippen LogP contribution is 2.28. The Labute approximate surface area is 118 Å². The fraction of sp³-hybridized carbons (Fsp3) is 0.667. The summed E-state index contributed by atoms with van der Waals surface area (Å²) in [5, 5.41) is 18.7. The Kier molecular flexibility index (Phi) is 4.86. The lowest BCUT2D eigenvalue weighted by molar-refractivity contribution is -0.0557. The van der Waals surface area contributed by atoms with Crippen LogP contribution >= 0.6 is 0 Å². The van der Waals surface area contributed by atoms with Gasteiger partial charge in [-0.1, -0.05) is 6.92 Å². The van der Waals surface area contributed by atoms with Crippen molar-refractivity contribution in [2.45, 2.75) is 44.8 Å². The van der Waals surface area contributed by atoms with E-state index in [1.165, 1.54) is 6.20 Å². The Bertz CT molecular complexity index is 551. The molecule has 0 bridgehead atoms. The van der Waals surface area contributed by atoms with E-state index in [0.29, 0.717) is 12.0 Å². The molecule has 7 nitrogen and oxygen atoms in total. The van der Waals surface area contributed by atoms with Gasteiger partial charge in [0, 0.05) is 18.2 Å². The van der Waals surface area contributed by atoms with Gasteiger partial charge in [-0.15, -0.1) is 0 Å². The molecule has 2 rings (SSSR count). The van der Waals surface area contributed by atoms with Crippen molar-refractivity contribution in [3.05, 3.63) is 22.2 Å². The lowest BCUT2D eigenvalue weighted by atomic mass is 10.2. The zero-order chi connectivity index (χ0) is 15.6. The van der Waals surface area contributed by atoms with Gasteiger partial charge in [0.05, 0.1) is 12.7 Å². The molecule has 0 unspecified atom stereocenters. The SMILES string of the molecule is CCc1cn([C@H]2C[C@H](O)[C@@H](CO)O2)c(=O)nc1OC(F)F. The van der Waals surface area contributed by atoms with Crippen LogP contribution in [0.15, 0.2) is 11.0 Å². The number of alkyl halides is 2. The molecule has 2 heterocycles. The van der Waals surface area contributed by atoms with Crippen LogP contribution in [0.25, 0.3) is 0 Å². The summed E-state index contributed by atoms with van der Waals surface area (Å²) in [7, 11) is 0. The maximum absolute atomic E-state index is 12.3. The number of hydrogen-bond donors (Lipinski definition) is 2. The topological polar surface area (TPSA) is 93.8 Å². The number of nitrogens with zero attached hydrogens (tertiary/aromatic N) is 2. The normalized spacial score (nSPS) is 25.5. The van der Waals surface area contributed by atoms with E-state index in [4.69, 9.17) is 9.84 Å². The highest BCUT2D eigenvalue weighted by atomic mass is 19.3. The van der Waals surface area contributed by atoms with Crippen molar-refractivity contribution in [3.63, 3.8) is 0 Å². The molecule has 118 valence electrons. The Morgan fingerprint density at radius 2 is 2.33 bits per heavy atom. The number of aliphatic hydroxyl groups excluding tert-OH is 2. The van der Waals surface area contributed by atoms with Crippen LogP contribution in [-0.4, -0.2) is 45.2 Å². The zero-order valence-electron chi connectivity index (χ0n) is 11.3. The minimum Gasteiger partial charge on any atom is -0.416 e. The minimum atomic E-state index is -3.07. The molecule has 1 aliphatic rings. The molecule has 0 amide bonds. The first-order chi connectivity index (χ1) is 9.96. The van der Waals surface area contributed by atoms with Crippen LogP contribution < -0.4 is 10.4 Å². The summed E-state index contributed by atoms with van der Waals surface area (Å²) in [5.74, 6) is -0.411. The van der Waals surface area contributed by atoms with Crippen molar-refractivity contribution in [2.75, 3.05) is 6.61 Å². The van der Waals surface area contributed by atoms with E-state index in [2.05, 4.69) is 9.72 Å². The monoisotopic (exact) mass is 306 g/mol. The number of hydrogen-bond acceptors (Lipinski definition) is 6. The molecular formula is C12H16F2N2O5. The summed E-state index contributed by atoms with van der Waals surface area (Å²) >= 11 is 0. The largest absolute Gasteiger partial charge is 0.416 e. The molecule has 1 fully saturated rings. The van der Waals surface area contributed by atoms with Crippen LogP contribution in [0, 0.1) is 0 Å². The van der Waals surface area contributed by atoms with E-state index in [9.17, 15) is 18.7 Å². The maximum Gasteiger partial charge on any atom is 0.388 e. The third-order valence-corrected chi connectivity index (χ3v) is 3.26. The lowest BCUT2D eigenvalue weighted by Gasteiger charge is -2.16. The predicted molar refractivity (Wildman–Crippen MR) is 66.1 cm³/mol. The quantitative estimate of drug-likeness (QED) is 0.798. The van der Waals surface area contributed by atoms with E-state index in [0.717, 1.165) is 4.57 Å². The Morgan fingerprint density at radius 3 is 2.86 bits per heavy atom. The highest BCUT2D eigenvalue weighted by molar-refractivity contribution is 5.22. The highest BCUT2D eigenvalue weighted by Gasteiger charge is 2.35.